The number of carbonyl (C=O) groups is 3. The van der Waals surface area contributed by atoms with E-state index in [0.717, 1.165) is 6.54 Å². The van der Waals surface area contributed by atoms with E-state index in [1.807, 2.05) is 0 Å². The molecule has 0 spiro atoms. The Kier molecular flexibility index (Phi) is 4.01. The van der Waals surface area contributed by atoms with Crippen molar-refractivity contribution in [1.29, 1.82) is 0 Å². The Bertz CT molecular complexity index is 433. The van der Waals surface area contributed by atoms with E-state index < -0.39 is 0 Å². The normalized spacial score (nSPS) is 23.1. The van der Waals surface area contributed by atoms with Gasteiger partial charge in [0.25, 0.3) is 0 Å². The van der Waals surface area contributed by atoms with Gasteiger partial charge in [-0.05, 0) is 18.2 Å². The van der Waals surface area contributed by atoms with Crippen LogP contribution in [0.4, 0.5) is 0 Å². The van der Waals surface area contributed by atoms with Crippen LogP contribution >= 0.6 is 0 Å². The van der Waals surface area contributed by atoms with Crippen molar-refractivity contribution in [2.45, 2.75) is 12.5 Å². The quantitative estimate of drug-likeness (QED) is 0.495. The van der Waals surface area contributed by atoms with Crippen LogP contribution in [-0.2, 0) is 19.1 Å². The molecule has 2 rings (SSSR count). The number of hydrogen-bond acceptors (Lipinski definition) is 6. The van der Waals surface area contributed by atoms with E-state index in [2.05, 4.69) is 10.6 Å². The van der Waals surface area contributed by atoms with Crippen molar-refractivity contribution < 1.29 is 19.1 Å². The zero-order valence-corrected chi connectivity index (χ0v) is 9.77. The van der Waals surface area contributed by atoms with E-state index in [0.29, 0.717) is 6.67 Å². The monoisotopic (exact) mass is 250 g/mol. The zero-order chi connectivity index (χ0) is 13.0. The van der Waals surface area contributed by atoms with Crippen LogP contribution in [0.25, 0.3) is 0 Å². The van der Waals surface area contributed by atoms with Crippen LogP contribution in [-0.4, -0.2) is 43.4 Å². The number of hydrogen-bond donors (Lipinski definition) is 2. The Hall–Kier alpha value is -1.79. The first kappa shape index (κ1) is 12.7. The van der Waals surface area contributed by atoms with Gasteiger partial charge in [0.1, 0.15) is 6.61 Å². The number of ether oxygens (including phenoxy) is 1. The molecule has 0 amide bonds. The number of nitrogens with one attached hydrogen (secondary N) is 2. The molecule has 1 unspecified atom stereocenters. The molecule has 2 N–H and O–H groups in total. The second kappa shape index (κ2) is 5.70. The summed E-state index contributed by atoms with van der Waals surface area (Å²) in [6, 6.07) is 0.0649. The van der Waals surface area contributed by atoms with Crippen LogP contribution in [0.3, 0.4) is 0 Å². The molecule has 1 atom stereocenters. The first-order valence-electron chi connectivity index (χ1n) is 5.72. The highest BCUT2D eigenvalue weighted by Crippen LogP contribution is 2.07. The van der Waals surface area contributed by atoms with Crippen LogP contribution in [0, 0.1) is 0 Å². The van der Waals surface area contributed by atoms with Crippen molar-refractivity contribution in [2.24, 2.45) is 0 Å². The minimum Gasteiger partial charge on any atom is -0.461 e. The molecule has 18 heavy (non-hydrogen) atoms. The van der Waals surface area contributed by atoms with Gasteiger partial charge in [-0.2, -0.15) is 0 Å². The third kappa shape index (κ3) is 3.35. The Balaban J connectivity index is 1.78. The predicted molar refractivity (Wildman–Crippen MR) is 62.6 cm³/mol. The molecule has 0 aromatic carbocycles. The molecule has 2 aliphatic rings. The second-order valence-electron chi connectivity index (χ2n) is 4.17. The lowest BCUT2D eigenvalue weighted by atomic mass is 10.0. The standard InChI is InChI=1S/C12H14N2O4/c15-10-1-2-11(16)8(3-10)6-18-12(17)4-9-5-13-7-14-9/h1-3,9,13-14H,4-7H2. The number of carbonyl (C=O) groups excluding carboxylic acids is 3. The van der Waals surface area contributed by atoms with Crippen LogP contribution < -0.4 is 10.6 Å². The van der Waals surface area contributed by atoms with E-state index >= 15 is 0 Å². The average molecular weight is 250 g/mol. The van der Waals surface area contributed by atoms with Gasteiger partial charge in [-0.1, -0.05) is 0 Å². The summed E-state index contributed by atoms with van der Waals surface area (Å²) in [6.45, 7) is 1.26. The highest BCUT2D eigenvalue weighted by atomic mass is 16.5. The predicted octanol–water partition coefficient (Wildman–Crippen LogP) is -0.927. The summed E-state index contributed by atoms with van der Waals surface area (Å²) >= 11 is 0. The maximum Gasteiger partial charge on any atom is 0.307 e. The van der Waals surface area contributed by atoms with Crippen LogP contribution in [0.5, 0.6) is 0 Å². The average Bonchev–Trinajstić information content (AvgIpc) is 2.83. The van der Waals surface area contributed by atoms with E-state index in [-0.39, 0.29) is 42.2 Å². The molecule has 6 heteroatoms. The number of esters is 1. The molecule has 0 radical (unpaired) electrons. The first-order valence-corrected chi connectivity index (χ1v) is 5.72. The lowest BCUT2D eigenvalue weighted by Gasteiger charge is -2.10. The first-order chi connectivity index (χ1) is 8.65. The van der Waals surface area contributed by atoms with Gasteiger partial charge in [-0.25, -0.2) is 0 Å². The van der Waals surface area contributed by atoms with Gasteiger partial charge >= 0.3 is 5.97 Å². The van der Waals surface area contributed by atoms with Gasteiger partial charge in [0, 0.05) is 24.8 Å². The van der Waals surface area contributed by atoms with Crippen LogP contribution in [0.15, 0.2) is 23.8 Å². The van der Waals surface area contributed by atoms with Gasteiger partial charge in [-0.15, -0.1) is 0 Å². The summed E-state index contributed by atoms with van der Waals surface area (Å²) in [4.78, 5) is 33.9. The Morgan fingerprint density at radius 2 is 2.22 bits per heavy atom. The summed E-state index contributed by atoms with van der Waals surface area (Å²) in [5.41, 5.74) is 0.216. The maximum atomic E-state index is 11.5. The van der Waals surface area contributed by atoms with E-state index in [9.17, 15) is 14.4 Å². The molecular formula is C12H14N2O4. The number of allylic oxidation sites excluding steroid dienone is 3. The zero-order valence-electron chi connectivity index (χ0n) is 9.77. The van der Waals surface area contributed by atoms with Gasteiger partial charge in [-0.3, -0.25) is 19.7 Å². The molecule has 96 valence electrons. The molecule has 1 fully saturated rings. The molecule has 1 heterocycles. The SMILES string of the molecule is O=C1C=CC(=O)C(COC(=O)CC2CNCN2)=C1. The Morgan fingerprint density at radius 3 is 2.94 bits per heavy atom. The lowest BCUT2D eigenvalue weighted by Crippen LogP contribution is -2.28. The third-order valence-electron chi connectivity index (χ3n) is 2.74. The highest BCUT2D eigenvalue weighted by Gasteiger charge is 2.19. The van der Waals surface area contributed by atoms with E-state index in [1.165, 1.54) is 18.2 Å². The molecule has 0 bridgehead atoms. The summed E-state index contributed by atoms with van der Waals surface area (Å²) in [7, 11) is 0. The summed E-state index contributed by atoms with van der Waals surface area (Å²) < 4.78 is 4.98. The van der Waals surface area contributed by atoms with E-state index in [1.54, 1.807) is 0 Å². The molecule has 0 aromatic rings. The fourth-order valence-corrected chi connectivity index (χ4v) is 1.77. The number of ketones is 2. The molecule has 0 saturated carbocycles. The van der Waals surface area contributed by atoms with Crippen LogP contribution in [0.1, 0.15) is 6.42 Å². The highest BCUT2D eigenvalue weighted by molar-refractivity contribution is 6.17. The molecule has 0 aromatic heterocycles. The summed E-state index contributed by atoms with van der Waals surface area (Å²) in [5, 5.41) is 6.14. The molecule has 6 nitrogen and oxygen atoms in total. The van der Waals surface area contributed by atoms with Gasteiger partial charge in [0.15, 0.2) is 11.6 Å². The fourth-order valence-electron chi connectivity index (χ4n) is 1.77. The van der Waals surface area contributed by atoms with Gasteiger partial charge < -0.3 is 10.1 Å². The smallest absolute Gasteiger partial charge is 0.307 e. The Labute approximate surface area is 104 Å². The maximum absolute atomic E-state index is 11.5. The van der Waals surface area contributed by atoms with Crippen molar-refractivity contribution in [3.05, 3.63) is 23.8 Å². The minimum absolute atomic E-state index is 0.0649. The van der Waals surface area contributed by atoms with Crippen molar-refractivity contribution in [2.75, 3.05) is 19.8 Å². The second-order valence-corrected chi connectivity index (χ2v) is 4.17. The molecule has 1 saturated heterocycles. The van der Waals surface area contributed by atoms with Crippen molar-refractivity contribution in [3.8, 4) is 0 Å². The fraction of sp³-hybridized carbons (Fsp3) is 0.417. The molecule has 1 aliphatic heterocycles. The van der Waals surface area contributed by atoms with Crippen molar-refractivity contribution >= 4 is 17.5 Å². The third-order valence-corrected chi connectivity index (χ3v) is 2.74. The summed E-state index contributed by atoms with van der Waals surface area (Å²) in [5.74, 6) is -0.933. The van der Waals surface area contributed by atoms with Crippen molar-refractivity contribution in [3.63, 3.8) is 0 Å². The number of rotatable bonds is 4. The van der Waals surface area contributed by atoms with E-state index in [4.69, 9.17) is 4.74 Å². The van der Waals surface area contributed by atoms with Gasteiger partial charge in [0.2, 0.25) is 0 Å². The van der Waals surface area contributed by atoms with Gasteiger partial charge in [0.05, 0.1) is 6.42 Å². The van der Waals surface area contributed by atoms with Crippen molar-refractivity contribution in [1.82, 2.24) is 10.6 Å². The Morgan fingerprint density at radius 1 is 1.39 bits per heavy atom. The topological polar surface area (TPSA) is 84.5 Å². The molecule has 1 aliphatic carbocycles. The lowest BCUT2D eigenvalue weighted by molar-refractivity contribution is -0.143. The summed E-state index contributed by atoms with van der Waals surface area (Å²) in [6.07, 6.45) is 3.83. The minimum atomic E-state index is -0.382. The largest absolute Gasteiger partial charge is 0.461 e. The molecular weight excluding hydrogens is 236 g/mol. The van der Waals surface area contributed by atoms with Crippen LogP contribution in [0.2, 0.25) is 0 Å².